The van der Waals surface area contributed by atoms with Crippen LogP contribution in [-0.4, -0.2) is 0 Å². The highest BCUT2D eigenvalue weighted by molar-refractivity contribution is 7.81. The van der Waals surface area contributed by atoms with Crippen molar-refractivity contribution in [2.75, 3.05) is 0 Å². The SMILES string of the molecule is Cc1cccccc(-c2c(P(c3ccc4ccccc4c3)c3ccc4ccccc4c3)ccc3ccccc23)c(P(c2ccc3ccccc3c2)c2ccc3ccccc3c2)cc1. The third-order valence-electron chi connectivity index (χ3n) is 12.2. The highest BCUT2D eigenvalue weighted by Crippen LogP contribution is 2.44. The van der Waals surface area contributed by atoms with E-state index < -0.39 is 15.8 Å². The van der Waals surface area contributed by atoms with Crippen molar-refractivity contribution in [2.45, 2.75) is 6.92 Å². The predicted molar refractivity (Wildman–Crippen MR) is 279 cm³/mol. The molecule has 11 aromatic rings. The second-order valence-corrected chi connectivity index (χ2v) is 20.6. The Morgan fingerprint density at radius 1 is 0.254 bits per heavy atom. The quantitative estimate of drug-likeness (QED) is 0.140. The van der Waals surface area contributed by atoms with Gasteiger partial charge in [-0.05, 0) is 144 Å². The smallest absolute Gasteiger partial charge is 0.00151 e. The number of hydrogen-bond donors (Lipinski definition) is 0. The molecule has 298 valence electrons. The summed E-state index contributed by atoms with van der Waals surface area (Å²) in [4.78, 5) is 0. The molecule has 0 saturated carbocycles. The summed E-state index contributed by atoms with van der Waals surface area (Å²) < 4.78 is 0. The molecule has 0 saturated heterocycles. The van der Waals surface area contributed by atoms with Crippen LogP contribution in [0.3, 0.4) is 0 Å². The molecule has 11 aromatic carbocycles. The minimum absolute atomic E-state index is 1.06. The van der Waals surface area contributed by atoms with Crippen LogP contribution in [0.15, 0.2) is 249 Å². The van der Waals surface area contributed by atoms with Gasteiger partial charge in [-0.2, -0.15) is 0 Å². The van der Waals surface area contributed by atoms with Crippen molar-refractivity contribution in [1.82, 2.24) is 0 Å². The monoisotopic (exact) mass is 838 g/mol. The number of aryl methyl sites for hydroxylation is 1. The van der Waals surface area contributed by atoms with E-state index in [9.17, 15) is 0 Å². The van der Waals surface area contributed by atoms with Crippen molar-refractivity contribution < 1.29 is 0 Å². The fourth-order valence-corrected chi connectivity index (χ4v) is 14.1. The first-order valence-corrected chi connectivity index (χ1v) is 24.3. The maximum absolute atomic E-state index is 2.45. The highest BCUT2D eigenvalue weighted by Gasteiger charge is 2.27. The zero-order valence-corrected chi connectivity index (χ0v) is 36.9. The van der Waals surface area contributed by atoms with Gasteiger partial charge in [0.1, 0.15) is 0 Å². The summed E-state index contributed by atoms with van der Waals surface area (Å²) >= 11 is 0. The first-order valence-electron chi connectivity index (χ1n) is 21.7. The third-order valence-corrected chi connectivity index (χ3v) is 17.2. The summed E-state index contributed by atoms with van der Waals surface area (Å²) in [6.45, 7) is 2.21. The molecule has 2 heteroatoms. The summed E-state index contributed by atoms with van der Waals surface area (Å²) in [7, 11) is -2.15. The topological polar surface area (TPSA) is 0 Å². The van der Waals surface area contributed by atoms with Crippen LogP contribution in [0, 0.1) is 6.92 Å². The summed E-state index contributed by atoms with van der Waals surface area (Å²) in [5, 5.41) is 20.5. The Labute approximate surface area is 372 Å². The van der Waals surface area contributed by atoms with E-state index in [0.29, 0.717) is 0 Å². The lowest BCUT2D eigenvalue weighted by Crippen LogP contribution is -2.26. The molecular formula is C61H44P2. The van der Waals surface area contributed by atoms with Crippen LogP contribution in [0.1, 0.15) is 5.56 Å². The predicted octanol–water partition coefficient (Wildman–Crippen LogP) is 14.1. The molecule has 0 spiro atoms. The lowest BCUT2D eigenvalue weighted by atomic mass is 9.98. The van der Waals surface area contributed by atoms with Crippen LogP contribution in [0.5, 0.6) is 0 Å². The van der Waals surface area contributed by atoms with Gasteiger partial charge in [0.15, 0.2) is 0 Å². The molecule has 0 unspecified atom stereocenters. The molecular weight excluding hydrogens is 795 g/mol. The Balaban J connectivity index is 1.27. The molecule has 63 heavy (non-hydrogen) atoms. The molecule has 11 rings (SSSR count). The van der Waals surface area contributed by atoms with E-state index in [0.717, 1.165) is 0 Å². The van der Waals surface area contributed by atoms with E-state index in [4.69, 9.17) is 0 Å². The van der Waals surface area contributed by atoms with Crippen LogP contribution in [-0.2, 0) is 0 Å². The fraction of sp³-hybridized carbons (Fsp3) is 0.0164. The van der Waals surface area contributed by atoms with Crippen molar-refractivity contribution in [3.63, 3.8) is 0 Å². The van der Waals surface area contributed by atoms with Gasteiger partial charge in [0, 0.05) is 0 Å². The molecule has 0 atom stereocenters. The van der Waals surface area contributed by atoms with Crippen LogP contribution < -0.4 is 31.8 Å². The van der Waals surface area contributed by atoms with Crippen LogP contribution >= 0.6 is 15.8 Å². The van der Waals surface area contributed by atoms with Gasteiger partial charge in [0.25, 0.3) is 0 Å². The van der Waals surface area contributed by atoms with Crippen LogP contribution in [0.4, 0.5) is 0 Å². The molecule has 0 heterocycles. The second-order valence-electron chi connectivity index (χ2n) is 16.3. The van der Waals surface area contributed by atoms with E-state index in [-0.39, 0.29) is 0 Å². The lowest BCUT2D eigenvalue weighted by molar-refractivity contribution is 1.50. The molecule has 0 bridgehead atoms. The van der Waals surface area contributed by atoms with Gasteiger partial charge in [-0.1, -0.05) is 230 Å². The van der Waals surface area contributed by atoms with Crippen molar-refractivity contribution in [3.8, 4) is 11.1 Å². The van der Waals surface area contributed by atoms with Gasteiger partial charge >= 0.3 is 0 Å². The van der Waals surface area contributed by atoms with Gasteiger partial charge < -0.3 is 0 Å². The maximum atomic E-state index is 2.45. The van der Waals surface area contributed by atoms with Crippen molar-refractivity contribution in [3.05, 3.63) is 254 Å². The second kappa shape index (κ2) is 17.1. The standard InChI is InChI=1S/C61H44P2/c1-43-15-3-2-4-26-58(59(37-27-43)62(53-33-28-44-16-5-9-21-49(44)39-53)54-34-29-45-17-6-10-22-50(45)40-54)61-57-25-14-13-20-48(57)32-38-60(61)63(55-35-30-46-18-7-11-23-51(46)41-55)56-36-31-47-19-8-12-24-52(47)42-56/h2-42H,1H3. The zero-order valence-electron chi connectivity index (χ0n) is 35.1. The first kappa shape index (κ1) is 38.9. The Kier molecular flexibility index (Phi) is 10.6. The molecule has 0 aliphatic rings. The minimum atomic E-state index is -1.09. The van der Waals surface area contributed by atoms with Crippen molar-refractivity contribution in [1.29, 1.82) is 0 Å². The van der Waals surface area contributed by atoms with E-state index in [1.807, 2.05) is 0 Å². The molecule has 0 fully saturated rings. The number of fused-ring (bicyclic) bond motifs is 5. The summed E-state index contributed by atoms with van der Waals surface area (Å²) in [6.07, 6.45) is 0. The van der Waals surface area contributed by atoms with Gasteiger partial charge in [0.2, 0.25) is 0 Å². The number of rotatable bonds is 7. The molecule has 0 nitrogen and oxygen atoms in total. The van der Waals surface area contributed by atoms with Gasteiger partial charge in [0.05, 0.1) is 0 Å². The van der Waals surface area contributed by atoms with Crippen molar-refractivity contribution >= 4 is 102 Å². The van der Waals surface area contributed by atoms with E-state index in [2.05, 4.69) is 256 Å². The zero-order chi connectivity index (χ0) is 42.1. The minimum Gasteiger partial charge on any atom is -0.0622 e. The summed E-state index contributed by atoms with van der Waals surface area (Å²) in [5.41, 5.74) is 3.75. The molecule has 0 aliphatic carbocycles. The van der Waals surface area contributed by atoms with Crippen molar-refractivity contribution in [2.24, 2.45) is 0 Å². The average Bonchev–Trinajstić information content (AvgIpc) is 3.34. The molecule has 0 amide bonds. The molecule has 0 radical (unpaired) electrons. The van der Waals surface area contributed by atoms with E-state index in [1.165, 1.54) is 102 Å². The Hall–Kier alpha value is -6.94. The molecule has 0 aliphatic heterocycles. The van der Waals surface area contributed by atoms with Crippen LogP contribution in [0.25, 0.3) is 65.0 Å². The third kappa shape index (κ3) is 7.68. The summed E-state index contributed by atoms with van der Waals surface area (Å²) in [6, 6.07) is 93.5. The van der Waals surface area contributed by atoms with Gasteiger partial charge in [-0.15, -0.1) is 0 Å². The Morgan fingerprint density at radius 3 is 1.08 bits per heavy atom. The largest absolute Gasteiger partial charge is 0.0622 e. The molecule has 0 aromatic heterocycles. The summed E-state index contributed by atoms with van der Waals surface area (Å²) in [5.74, 6) is 0. The van der Waals surface area contributed by atoms with E-state index >= 15 is 0 Å². The highest BCUT2D eigenvalue weighted by atomic mass is 31.1. The Morgan fingerprint density at radius 2 is 0.603 bits per heavy atom. The fourth-order valence-electron chi connectivity index (χ4n) is 9.12. The van der Waals surface area contributed by atoms with Gasteiger partial charge in [-0.3, -0.25) is 0 Å². The lowest BCUT2D eigenvalue weighted by Gasteiger charge is -2.27. The average molecular weight is 839 g/mol. The normalized spacial score (nSPS) is 11.5. The Bertz CT molecular complexity index is 3410. The maximum Gasteiger partial charge on any atom is -0.00151 e. The van der Waals surface area contributed by atoms with Crippen LogP contribution in [0.2, 0.25) is 0 Å². The first-order chi connectivity index (χ1) is 31.1. The van der Waals surface area contributed by atoms with E-state index in [1.54, 1.807) is 0 Å². The number of hydrogen-bond acceptors (Lipinski definition) is 0. The number of benzene rings is 10. The molecule has 0 N–H and O–H groups in total. The van der Waals surface area contributed by atoms with Gasteiger partial charge in [-0.25, -0.2) is 0 Å².